The van der Waals surface area contributed by atoms with Crippen molar-refractivity contribution in [1.29, 1.82) is 0 Å². The van der Waals surface area contributed by atoms with Crippen LogP contribution in [0.25, 0.3) is 0 Å². The van der Waals surface area contributed by atoms with E-state index in [2.05, 4.69) is 20.7 Å². The fourth-order valence-corrected chi connectivity index (χ4v) is 1.44. The smallest absolute Gasteiger partial charge is 0.257 e. The summed E-state index contributed by atoms with van der Waals surface area (Å²) in [6.45, 7) is 1.91. The largest absolute Gasteiger partial charge is 0.321 e. The summed E-state index contributed by atoms with van der Waals surface area (Å²) in [5.41, 5.74) is 4.49. The average molecular weight is 243 g/mol. The summed E-state index contributed by atoms with van der Waals surface area (Å²) in [5, 5.41) is 2.74. The van der Waals surface area contributed by atoms with Crippen molar-refractivity contribution in [2.24, 2.45) is 5.84 Å². The lowest BCUT2D eigenvalue weighted by Gasteiger charge is -2.05. The number of carbonyl (C=O) groups is 1. The van der Waals surface area contributed by atoms with Crippen LogP contribution in [0.4, 0.5) is 11.5 Å². The Bertz CT molecular complexity index is 553. The number of carbonyl (C=O) groups excluding carboxylic acids is 1. The molecule has 0 aromatic carbocycles. The first-order valence-corrected chi connectivity index (χ1v) is 5.35. The van der Waals surface area contributed by atoms with E-state index in [1.165, 1.54) is 6.20 Å². The molecular weight excluding hydrogens is 230 g/mol. The zero-order chi connectivity index (χ0) is 13.0. The van der Waals surface area contributed by atoms with Crippen molar-refractivity contribution in [2.75, 3.05) is 10.7 Å². The maximum Gasteiger partial charge on any atom is 0.257 e. The Labute approximate surface area is 104 Å². The molecule has 0 bridgehead atoms. The zero-order valence-corrected chi connectivity index (χ0v) is 9.84. The van der Waals surface area contributed by atoms with Gasteiger partial charge in [0.1, 0.15) is 5.82 Å². The molecule has 4 N–H and O–H groups in total. The fourth-order valence-electron chi connectivity index (χ4n) is 1.44. The SMILES string of the molecule is Cc1cncc(NC(=O)c2ccc(NN)nc2)c1. The molecule has 2 aromatic heterocycles. The van der Waals surface area contributed by atoms with Crippen LogP contribution in [0.3, 0.4) is 0 Å². The maximum atomic E-state index is 11.9. The van der Waals surface area contributed by atoms with Crippen molar-refractivity contribution < 1.29 is 4.79 Å². The molecule has 0 aliphatic carbocycles. The van der Waals surface area contributed by atoms with Gasteiger partial charge in [0.25, 0.3) is 5.91 Å². The van der Waals surface area contributed by atoms with E-state index in [0.717, 1.165) is 5.56 Å². The Morgan fingerprint density at radius 3 is 2.72 bits per heavy atom. The van der Waals surface area contributed by atoms with Crippen LogP contribution in [0.2, 0.25) is 0 Å². The highest BCUT2D eigenvalue weighted by atomic mass is 16.1. The lowest BCUT2D eigenvalue weighted by atomic mass is 10.2. The van der Waals surface area contributed by atoms with Crippen molar-refractivity contribution >= 4 is 17.4 Å². The Hall–Kier alpha value is -2.47. The summed E-state index contributed by atoms with van der Waals surface area (Å²) >= 11 is 0. The molecule has 18 heavy (non-hydrogen) atoms. The molecule has 1 amide bonds. The van der Waals surface area contributed by atoms with Crippen LogP contribution in [0, 0.1) is 6.92 Å². The summed E-state index contributed by atoms with van der Waals surface area (Å²) in [6, 6.07) is 5.11. The number of pyridine rings is 2. The second kappa shape index (κ2) is 5.24. The minimum atomic E-state index is -0.238. The number of nitrogens with zero attached hydrogens (tertiary/aromatic N) is 2. The lowest BCUT2D eigenvalue weighted by molar-refractivity contribution is 0.102. The predicted octanol–water partition coefficient (Wildman–Crippen LogP) is 1.32. The van der Waals surface area contributed by atoms with E-state index >= 15 is 0 Å². The van der Waals surface area contributed by atoms with Gasteiger partial charge in [-0.15, -0.1) is 0 Å². The predicted molar refractivity (Wildman–Crippen MR) is 69.0 cm³/mol. The average Bonchev–Trinajstić information content (AvgIpc) is 2.39. The number of rotatable bonds is 3. The van der Waals surface area contributed by atoms with Crippen LogP contribution in [-0.4, -0.2) is 15.9 Å². The topological polar surface area (TPSA) is 92.9 Å². The van der Waals surface area contributed by atoms with Crippen molar-refractivity contribution in [3.63, 3.8) is 0 Å². The molecule has 0 spiro atoms. The minimum absolute atomic E-state index is 0.238. The van der Waals surface area contributed by atoms with E-state index in [-0.39, 0.29) is 5.91 Å². The molecule has 0 fully saturated rings. The van der Waals surface area contributed by atoms with Crippen LogP contribution < -0.4 is 16.6 Å². The van der Waals surface area contributed by atoms with Gasteiger partial charge in [0.05, 0.1) is 17.4 Å². The van der Waals surface area contributed by atoms with Crippen LogP contribution >= 0.6 is 0 Å². The zero-order valence-electron chi connectivity index (χ0n) is 9.84. The number of hydrogen-bond donors (Lipinski definition) is 3. The van der Waals surface area contributed by atoms with Gasteiger partial charge in [0.15, 0.2) is 0 Å². The van der Waals surface area contributed by atoms with Gasteiger partial charge in [-0.25, -0.2) is 10.8 Å². The van der Waals surface area contributed by atoms with Gasteiger partial charge in [0.2, 0.25) is 0 Å². The number of anilines is 2. The summed E-state index contributed by atoms with van der Waals surface area (Å²) < 4.78 is 0. The molecule has 0 aliphatic rings. The first-order valence-electron chi connectivity index (χ1n) is 5.35. The van der Waals surface area contributed by atoms with Crippen molar-refractivity contribution in [2.45, 2.75) is 6.92 Å². The van der Waals surface area contributed by atoms with Crippen molar-refractivity contribution in [3.8, 4) is 0 Å². The number of aromatic nitrogens is 2. The van der Waals surface area contributed by atoms with Crippen LogP contribution in [-0.2, 0) is 0 Å². The van der Waals surface area contributed by atoms with Gasteiger partial charge in [0, 0.05) is 12.4 Å². The molecule has 2 heterocycles. The Morgan fingerprint density at radius 1 is 1.28 bits per heavy atom. The highest BCUT2D eigenvalue weighted by Crippen LogP contribution is 2.10. The summed E-state index contributed by atoms with van der Waals surface area (Å²) in [4.78, 5) is 19.9. The minimum Gasteiger partial charge on any atom is -0.321 e. The summed E-state index contributed by atoms with van der Waals surface area (Å²) in [7, 11) is 0. The van der Waals surface area contributed by atoms with Crippen LogP contribution in [0.5, 0.6) is 0 Å². The monoisotopic (exact) mass is 243 g/mol. The molecule has 6 nitrogen and oxygen atoms in total. The molecule has 0 aliphatic heterocycles. The Balaban J connectivity index is 2.11. The molecule has 2 rings (SSSR count). The van der Waals surface area contributed by atoms with Gasteiger partial charge in [-0.2, -0.15) is 0 Å². The molecule has 0 unspecified atom stereocenters. The second-order valence-electron chi connectivity index (χ2n) is 3.78. The normalized spacial score (nSPS) is 9.89. The second-order valence-corrected chi connectivity index (χ2v) is 3.78. The van der Waals surface area contributed by atoms with E-state index in [9.17, 15) is 4.79 Å². The van der Waals surface area contributed by atoms with Crippen molar-refractivity contribution in [1.82, 2.24) is 9.97 Å². The van der Waals surface area contributed by atoms with E-state index < -0.39 is 0 Å². The highest BCUT2D eigenvalue weighted by Gasteiger charge is 2.06. The first kappa shape index (κ1) is 12.0. The van der Waals surface area contributed by atoms with Crippen molar-refractivity contribution in [3.05, 3.63) is 47.9 Å². The third-order valence-electron chi connectivity index (χ3n) is 2.31. The van der Waals surface area contributed by atoms with E-state index in [1.54, 1.807) is 24.5 Å². The number of hydrazine groups is 1. The van der Waals surface area contributed by atoms with E-state index in [0.29, 0.717) is 17.1 Å². The number of aryl methyl sites for hydroxylation is 1. The van der Waals surface area contributed by atoms with Gasteiger partial charge in [-0.1, -0.05) is 0 Å². The summed E-state index contributed by atoms with van der Waals surface area (Å²) in [5.74, 6) is 5.46. The molecule has 0 saturated carbocycles. The number of amides is 1. The molecule has 0 radical (unpaired) electrons. The first-order chi connectivity index (χ1) is 8.69. The number of nitrogens with one attached hydrogen (secondary N) is 2. The maximum absolute atomic E-state index is 11.9. The van der Waals surface area contributed by atoms with E-state index in [4.69, 9.17) is 5.84 Å². The quantitative estimate of drug-likeness (QED) is 0.558. The third kappa shape index (κ3) is 2.80. The van der Waals surface area contributed by atoms with Crippen LogP contribution in [0.15, 0.2) is 36.8 Å². The molecular formula is C12H13N5O. The molecule has 2 aromatic rings. The Kier molecular flexibility index (Phi) is 3.49. The highest BCUT2D eigenvalue weighted by molar-refractivity contribution is 6.04. The van der Waals surface area contributed by atoms with E-state index in [1.807, 2.05) is 13.0 Å². The van der Waals surface area contributed by atoms with Gasteiger partial charge >= 0.3 is 0 Å². The molecule has 0 atom stereocenters. The van der Waals surface area contributed by atoms with Gasteiger partial charge in [-0.3, -0.25) is 9.78 Å². The summed E-state index contributed by atoms with van der Waals surface area (Å²) in [6.07, 6.45) is 4.76. The van der Waals surface area contributed by atoms with Gasteiger partial charge < -0.3 is 10.7 Å². The number of nitrogens with two attached hydrogens (primary N) is 1. The van der Waals surface area contributed by atoms with Crippen LogP contribution in [0.1, 0.15) is 15.9 Å². The fraction of sp³-hybridized carbons (Fsp3) is 0.0833. The number of hydrogen-bond acceptors (Lipinski definition) is 5. The molecule has 6 heteroatoms. The lowest BCUT2D eigenvalue weighted by Crippen LogP contribution is -2.13. The third-order valence-corrected chi connectivity index (χ3v) is 2.31. The van der Waals surface area contributed by atoms with Gasteiger partial charge in [-0.05, 0) is 30.7 Å². The molecule has 92 valence electrons. The number of nitrogen functional groups attached to an aromatic ring is 1. The Morgan fingerprint density at radius 2 is 2.11 bits per heavy atom. The molecule has 0 saturated heterocycles. The standard InChI is InChI=1S/C12H13N5O/c1-8-4-10(7-14-5-8)16-12(18)9-2-3-11(17-13)15-6-9/h2-7H,13H2,1H3,(H,15,17)(H,16,18).